The summed E-state index contributed by atoms with van der Waals surface area (Å²) in [6.45, 7) is 5.25. The first-order valence-electron chi connectivity index (χ1n) is 10.7. The molecule has 0 unspecified atom stereocenters. The Morgan fingerprint density at radius 2 is 2.00 bits per heavy atom. The topological polar surface area (TPSA) is 88.4 Å². The number of hydrogen-bond donors (Lipinski definition) is 2. The Morgan fingerprint density at radius 3 is 2.67 bits per heavy atom. The van der Waals surface area contributed by atoms with Crippen molar-refractivity contribution in [2.75, 3.05) is 10.6 Å². The number of nitrogens with one attached hydrogen (secondary N) is 2. The first-order chi connectivity index (χ1) is 17.2. The van der Waals surface area contributed by atoms with E-state index >= 15 is 0 Å². The largest absolute Gasteiger partial charge is 0.434 e. The molecule has 3 aromatic rings. The average molecular weight is 512 g/mol. The second kappa shape index (κ2) is 10.2. The smallest absolute Gasteiger partial charge is 0.323 e. The normalized spacial score (nSPS) is 14.2. The van der Waals surface area contributed by atoms with Crippen molar-refractivity contribution >= 4 is 51.6 Å². The molecule has 0 saturated heterocycles. The van der Waals surface area contributed by atoms with E-state index in [1.165, 1.54) is 35.6 Å². The number of carbonyl (C=O) groups excluding carboxylic acids is 2. The van der Waals surface area contributed by atoms with Crippen molar-refractivity contribution in [1.29, 1.82) is 0 Å². The van der Waals surface area contributed by atoms with Gasteiger partial charge in [-0.25, -0.2) is 9.67 Å². The molecule has 1 aromatic carbocycles. The molecule has 0 atom stereocenters. The van der Waals surface area contributed by atoms with E-state index in [2.05, 4.69) is 27.3 Å². The number of anilines is 2. The molecular weight excluding hydrogens is 491 g/mol. The molecule has 4 rings (SSSR count). The van der Waals surface area contributed by atoms with Crippen LogP contribution in [0.2, 0.25) is 0 Å². The fourth-order valence-corrected chi connectivity index (χ4v) is 4.21. The molecule has 1 aliphatic heterocycles. The van der Waals surface area contributed by atoms with Crippen LogP contribution in [0.3, 0.4) is 0 Å². The van der Waals surface area contributed by atoms with Crippen LogP contribution in [0.5, 0.6) is 0 Å². The summed E-state index contributed by atoms with van der Waals surface area (Å²) in [6, 6.07) is 6.35. The van der Waals surface area contributed by atoms with Gasteiger partial charge < -0.3 is 10.6 Å². The highest BCUT2D eigenvalue weighted by Crippen LogP contribution is 2.35. The number of amides is 2. The lowest BCUT2D eigenvalue weighted by Crippen LogP contribution is -2.21. The SMILES string of the molecule is C=C/C(=C\C=C/C)n1ncc(C(=O)Nc2ccc(C3=Nc4cscc4NC(=O)C3)cc2)c1C(F)(F)F. The van der Waals surface area contributed by atoms with Crippen LogP contribution in [0.15, 0.2) is 77.1 Å². The van der Waals surface area contributed by atoms with Gasteiger partial charge in [-0.15, -0.1) is 11.3 Å². The van der Waals surface area contributed by atoms with E-state index in [1.807, 2.05) is 5.38 Å². The first-order valence-corrected chi connectivity index (χ1v) is 11.6. The molecule has 2 N–H and O–H groups in total. The van der Waals surface area contributed by atoms with Gasteiger partial charge in [0.2, 0.25) is 5.91 Å². The molecule has 0 bridgehead atoms. The third kappa shape index (κ3) is 5.20. The number of hydrogen-bond acceptors (Lipinski definition) is 5. The number of allylic oxidation sites excluding steroid dienone is 5. The van der Waals surface area contributed by atoms with Crippen LogP contribution in [0.4, 0.5) is 30.2 Å². The zero-order valence-electron chi connectivity index (χ0n) is 19.0. The van der Waals surface area contributed by atoms with E-state index in [1.54, 1.807) is 36.6 Å². The molecule has 0 radical (unpaired) electrons. The van der Waals surface area contributed by atoms with E-state index < -0.39 is 23.3 Å². The molecule has 7 nitrogen and oxygen atoms in total. The first kappa shape index (κ1) is 24.9. The van der Waals surface area contributed by atoms with Gasteiger partial charge in [0.05, 0.1) is 41.0 Å². The minimum Gasteiger partial charge on any atom is -0.323 e. The number of aromatic nitrogens is 2. The molecule has 36 heavy (non-hydrogen) atoms. The van der Waals surface area contributed by atoms with Gasteiger partial charge in [0.1, 0.15) is 0 Å². The standard InChI is InChI=1S/C25H20F3N5O2S/c1-3-5-6-17(4-2)33-23(25(26,27)28)18(12-29-33)24(35)30-16-9-7-15(8-10-16)19-11-22(34)32-21-14-36-13-20(21)31-19/h3-10,12-14H,2,11H2,1H3,(H,30,35)(H,32,34)/b5-3-,17-6+. The van der Waals surface area contributed by atoms with E-state index in [4.69, 9.17) is 0 Å². The van der Waals surface area contributed by atoms with Gasteiger partial charge in [-0.2, -0.15) is 18.3 Å². The minimum absolute atomic E-state index is 0.0609. The highest BCUT2D eigenvalue weighted by Gasteiger charge is 2.40. The summed E-state index contributed by atoms with van der Waals surface area (Å²) >= 11 is 1.41. The van der Waals surface area contributed by atoms with Crippen molar-refractivity contribution in [3.63, 3.8) is 0 Å². The summed E-state index contributed by atoms with van der Waals surface area (Å²) in [5.74, 6) is -1.17. The molecule has 2 aromatic heterocycles. The predicted octanol–water partition coefficient (Wildman–Crippen LogP) is 6.28. The van der Waals surface area contributed by atoms with Gasteiger partial charge in [-0.05, 0) is 36.8 Å². The van der Waals surface area contributed by atoms with Crippen LogP contribution < -0.4 is 10.6 Å². The molecule has 2 amide bonds. The maximum absolute atomic E-state index is 13.9. The highest BCUT2D eigenvalue weighted by atomic mass is 32.1. The van der Waals surface area contributed by atoms with Gasteiger partial charge in [0, 0.05) is 16.4 Å². The highest BCUT2D eigenvalue weighted by molar-refractivity contribution is 7.09. The number of fused-ring (bicyclic) bond motifs is 1. The van der Waals surface area contributed by atoms with Crippen molar-refractivity contribution in [2.45, 2.75) is 19.5 Å². The van der Waals surface area contributed by atoms with Gasteiger partial charge in [0.15, 0.2) is 5.69 Å². The van der Waals surface area contributed by atoms with Crippen LogP contribution in [0.1, 0.15) is 35.0 Å². The summed E-state index contributed by atoms with van der Waals surface area (Å²) in [4.78, 5) is 29.5. The number of carbonyl (C=O) groups is 2. The Bertz CT molecular complexity index is 1410. The third-order valence-electron chi connectivity index (χ3n) is 5.17. The number of alkyl halides is 3. The molecule has 0 saturated carbocycles. The quantitative estimate of drug-likeness (QED) is 0.382. The van der Waals surface area contributed by atoms with Crippen molar-refractivity contribution < 1.29 is 22.8 Å². The van der Waals surface area contributed by atoms with Gasteiger partial charge in [-0.1, -0.05) is 30.9 Å². The van der Waals surface area contributed by atoms with Crippen LogP contribution in [0.25, 0.3) is 5.70 Å². The van der Waals surface area contributed by atoms with E-state index in [0.29, 0.717) is 27.3 Å². The molecule has 184 valence electrons. The lowest BCUT2D eigenvalue weighted by molar-refractivity contribution is -0.143. The van der Waals surface area contributed by atoms with Crippen LogP contribution in [0, 0.1) is 0 Å². The maximum Gasteiger partial charge on any atom is 0.434 e. The predicted molar refractivity (Wildman–Crippen MR) is 135 cm³/mol. The van der Waals surface area contributed by atoms with Crippen molar-refractivity contribution in [1.82, 2.24) is 9.78 Å². The van der Waals surface area contributed by atoms with Crippen molar-refractivity contribution in [3.8, 4) is 0 Å². The second-order valence-corrected chi connectivity index (χ2v) is 8.37. The summed E-state index contributed by atoms with van der Waals surface area (Å²) in [6.07, 6.45) is 1.90. The monoisotopic (exact) mass is 511 g/mol. The van der Waals surface area contributed by atoms with E-state index in [-0.39, 0.29) is 23.7 Å². The lowest BCUT2D eigenvalue weighted by atomic mass is 10.1. The number of halogens is 3. The summed E-state index contributed by atoms with van der Waals surface area (Å²) in [7, 11) is 0. The number of thiophene rings is 1. The fourth-order valence-electron chi connectivity index (χ4n) is 3.52. The Labute approximate surface area is 208 Å². The number of rotatable bonds is 6. The number of aliphatic imine (C=N–C) groups is 1. The van der Waals surface area contributed by atoms with Gasteiger partial charge in [-0.3, -0.25) is 9.59 Å². The average Bonchev–Trinajstić information content (AvgIpc) is 3.44. The Balaban J connectivity index is 1.60. The van der Waals surface area contributed by atoms with Gasteiger partial charge >= 0.3 is 6.18 Å². The number of benzene rings is 1. The van der Waals surface area contributed by atoms with Crippen LogP contribution >= 0.6 is 11.3 Å². The summed E-state index contributed by atoms with van der Waals surface area (Å²) in [5.41, 5.74) is 0.970. The minimum atomic E-state index is -4.84. The van der Waals surface area contributed by atoms with Crippen LogP contribution in [-0.4, -0.2) is 27.3 Å². The molecule has 11 heteroatoms. The molecule has 3 heterocycles. The zero-order valence-corrected chi connectivity index (χ0v) is 19.8. The van der Waals surface area contributed by atoms with E-state index in [0.717, 1.165) is 6.20 Å². The lowest BCUT2D eigenvalue weighted by Gasteiger charge is -2.13. The Morgan fingerprint density at radius 1 is 1.25 bits per heavy atom. The fraction of sp³-hybridized carbons (Fsp3) is 0.120. The van der Waals surface area contributed by atoms with Crippen molar-refractivity contribution in [3.05, 3.63) is 88.9 Å². The molecule has 0 spiro atoms. The Hall–Kier alpha value is -4.25. The summed E-state index contributed by atoms with van der Waals surface area (Å²) < 4.78 is 42.3. The third-order valence-corrected chi connectivity index (χ3v) is 5.90. The second-order valence-electron chi connectivity index (χ2n) is 7.62. The zero-order chi connectivity index (χ0) is 25.9. The van der Waals surface area contributed by atoms with E-state index in [9.17, 15) is 22.8 Å². The molecule has 1 aliphatic rings. The molecule has 0 fully saturated rings. The molecular formula is C25H20F3N5O2S. The van der Waals surface area contributed by atoms with Crippen molar-refractivity contribution in [2.24, 2.45) is 4.99 Å². The van der Waals surface area contributed by atoms with Crippen LogP contribution in [-0.2, 0) is 11.0 Å². The maximum atomic E-state index is 13.9. The summed E-state index contributed by atoms with van der Waals surface area (Å²) in [5, 5.41) is 12.7. The number of nitrogens with zero attached hydrogens (tertiary/aromatic N) is 3. The van der Waals surface area contributed by atoms with Gasteiger partial charge in [0.25, 0.3) is 5.91 Å². The Kier molecular flexibility index (Phi) is 7.02. The molecule has 0 aliphatic carbocycles.